The maximum absolute atomic E-state index is 15.5. The lowest BCUT2D eigenvalue weighted by molar-refractivity contribution is -0.138. The molecule has 0 bridgehead atoms. The first-order chi connectivity index (χ1) is 19.3. The summed E-state index contributed by atoms with van der Waals surface area (Å²) in [5, 5.41) is 7.82. The Kier molecular flexibility index (Phi) is 8.30. The predicted octanol–water partition coefficient (Wildman–Crippen LogP) is 4.71. The molecule has 2 atom stereocenters. The Balaban J connectivity index is 1.67. The standard InChI is InChI=1S/C30H33BrFN3O5/c1-4-23(33-2)28(36)34-27-29(37)35(17-21-20-10-9-19(31)16-18(20)8-11-25(21)38-3)24-7-5-6-22(32)26(24)40-30(27)12-14-39-15-13-30/h5-11,16,23,27,33H,4,12-15,17H2,1-3H3,(H,34,36)/t23-,27-/m0/s1. The van der Waals surface area contributed by atoms with Crippen LogP contribution in [0.1, 0.15) is 31.7 Å². The van der Waals surface area contributed by atoms with Crippen LogP contribution in [0.3, 0.4) is 0 Å². The summed E-state index contributed by atoms with van der Waals surface area (Å²) >= 11 is 3.53. The van der Waals surface area contributed by atoms with E-state index in [4.69, 9.17) is 14.2 Å². The second kappa shape index (κ2) is 11.7. The monoisotopic (exact) mass is 613 g/mol. The number of nitrogens with zero attached hydrogens (tertiary/aromatic N) is 1. The van der Waals surface area contributed by atoms with Crippen LogP contribution in [0.15, 0.2) is 53.0 Å². The molecule has 2 aliphatic heterocycles. The number of para-hydroxylation sites is 1. The zero-order valence-electron chi connectivity index (χ0n) is 22.8. The van der Waals surface area contributed by atoms with Crippen molar-refractivity contribution >= 4 is 44.2 Å². The van der Waals surface area contributed by atoms with E-state index in [-0.39, 0.29) is 24.1 Å². The van der Waals surface area contributed by atoms with E-state index in [1.807, 2.05) is 37.3 Å². The molecule has 2 amide bonds. The molecular formula is C30H33BrFN3O5. The number of methoxy groups -OCH3 is 1. The number of amides is 2. The summed E-state index contributed by atoms with van der Waals surface area (Å²) in [4.78, 5) is 29.5. The van der Waals surface area contributed by atoms with Crippen molar-refractivity contribution in [3.05, 3.63) is 64.4 Å². The molecule has 0 unspecified atom stereocenters. The number of hydrogen-bond donors (Lipinski definition) is 2. The number of rotatable bonds is 7. The van der Waals surface area contributed by atoms with Crippen LogP contribution in [0, 0.1) is 5.82 Å². The van der Waals surface area contributed by atoms with Crippen molar-refractivity contribution in [3.63, 3.8) is 0 Å². The van der Waals surface area contributed by atoms with Crippen molar-refractivity contribution in [1.29, 1.82) is 0 Å². The van der Waals surface area contributed by atoms with E-state index < -0.39 is 23.5 Å². The van der Waals surface area contributed by atoms with Gasteiger partial charge in [0.25, 0.3) is 5.91 Å². The number of halogens is 2. The highest BCUT2D eigenvalue weighted by Crippen LogP contribution is 2.44. The molecule has 10 heteroatoms. The summed E-state index contributed by atoms with van der Waals surface area (Å²) in [7, 11) is 3.28. The van der Waals surface area contributed by atoms with E-state index in [0.29, 0.717) is 43.9 Å². The summed E-state index contributed by atoms with van der Waals surface area (Å²) in [6.45, 7) is 2.60. The number of carbonyl (C=O) groups is 2. The summed E-state index contributed by atoms with van der Waals surface area (Å²) in [5.41, 5.74) is -0.133. The predicted molar refractivity (Wildman–Crippen MR) is 154 cm³/mol. The molecule has 0 saturated carbocycles. The van der Waals surface area contributed by atoms with Gasteiger partial charge in [0.05, 0.1) is 38.6 Å². The van der Waals surface area contributed by atoms with Crippen molar-refractivity contribution in [2.24, 2.45) is 0 Å². The number of nitrogens with one attached hydrogen (secondary N) is 2. The smallest absolute Gasteiger partial charge is 0.254 e. The molecule has 0 aliphatic carbocycles. The second-order valence-electron chi connectivity index (χ2n) is 10.1. The molecule has 1 fully saturated rings. The molecule has 0 radical (unpaired) electrons. The Morgan fingerprint density at radius 3 is 2.70 bits per heavy atom. The van der Waals surface area contributed by atoms with Gasteiger partial charge in [-0.1, -0.05) is 41.1 Å². The fourth-order valence-electron chi connectivity index (χ4n) is 5.66. The van der Waals surface area contributed by atoms with Gasteiger partial charge in [-0.05, 0) is 54.6 Å². The van der Waals surface area contributed by atoms with Gasteiger partial charge in [0.2, 0.25) is 5.91 Å². The van der Waals surface area contributed by atoms with Crippen LogP contribution in [0.5, 0.6) is 11.5 Å². The summed E-state index contributed by atoms with van der Waals surface area (Å²) in [6, 6.07) is 12.6. The Bertz CT molecular complexity index is 1420. The number of likely N-dealkylation sites (N-methyl/N-ethyl adjacent to an activating group) is 1. The van der Waals surface area contributed by atoms with Gasteiger partial charge in [0, 0.05) is 22.9 Å². The molecule has 5 rings (SSSR count). The molecule has 2 N–H and O–H groups in total. The van der Waals surface area contributed by atoms with Crippen molar-refractivity contribution < 1.29 is 28.2 Å². The van der Waals surface area contributed by atoms with Gasteiger partial charge in [-0.3, -0.25) is 9.59 Å². The van der Waals surface area contributed by atoms with E-state index >= 15 is 4.39 Å². The van der Waals surface area contributed by atoms with Crippen LogP contribution >= 0.6 is 15.9 Å². The maximum Gasteiger partial charge on any atom is 0.254 e. The molecule has 2 aliphatic rings. The lowest BCUT2D eigenvalue weighted by Gasteiger charge is -2.41. The number of carbonyl (C=O) groups excluding carboxylic acids is 2. The normalized spacial score (nSPS) is 19.1. The third kappa shape index (κ3) is 5.15. The zero-order chi connectivity index (χ0) is 28.4. The fraction of sp³-hybridized carbons (Fsp3) is 0.400. The van der Waals surface area contributed by atoms with E-state index in [0.717, 1.165) is 20.8 Å². The number of fused-ring (bicyclic) bond motifs is 2. The number of benzene rings is 3. The van der Waals surface area contributed by atoms with Crippen molar-refractivity contribution in [3.8, 4) is 11.5 Å². The maximum atomic E-state index is 15.5. The van der Waals surface area contributed by atoms with Gasteiger partial charge in [-0.15, -0.1) is 0 Å². The minimum Gasteiger partial charge on any atom is -0.496 e. The topological polar surface area (TPSA) is 89.1 Å². The zero-order valence-corrected chi connectivity index (χ0v) is 24.3. The molecule has 1 saturated heterocycles. The Labute approximate surface area is 241 Å². The SMILES string of the molecule is CC[C@H](NC)C(=O)N[C@H]1C(=O)N(Cc2c(OC)ccc3cc(Br)ccc23)c2cccc(F)c2OC12CCOCC2. The van der Waals surface area contributed by atoms with Crippen LogP contribution < -0.4 is 25.0 Å². The average Bonchev–Trinajstić information content (AvgIpc) is 3.04. The van der Waals surface area contributed by atoms with E-state index in [1.165, 1.54) is 11.0 Å². The molecule has 2 heterocycles. The van der Waals surface area contributed by atoms with Crippen LogP contribution in [0.4, 0.5) is 10.1 Å². The van der Waals surface area contributed by atoms with Gasteiger partial charge in [0.15, 0.2) is 11.6 Å². The van der Waals surface area contributed by atoms with Gasteiger partial charge in [-0.2, -0.15) is 0 Å². The molecule has 40 heavy (non-hydrogen) atoms. The van der Waals surface area contributed by atoms with Crippen LogP contribution in [0.25, 0.3) is 10.8 Å². The second-order valence-corrected chi connectivity index (χ2v) is 11.0. The fourth-order valence-corrected chi connectivity index (χ4v) is 6.04. The number of anilines is 1. The first kappa shape index (κ1) is 28.3. The Morgan fingerprint density at radius 2 is 2.00 bits per heavy atom. The summed E-state index contributed by atoms with van der Waals surface area (Å²) in [5.74, 6) is -0.715. The van der Waals surface area contributed by atoms with Crippen LogP contribution in [0.2, 0.25) is 0 Å². The number of hydrogen-bond acceptors (Lipinski definition) is 6. The van der Waals surface area contributed by atoms with Crippen LogP contribution in [-0.2, 0) is 20.9 Å². The van der Waals surface area contributed by atoms with E-state index in [2.05, 4.69) is 26.6 Å². The van der Waals surface area contributed by atoms with Crippen LogP contribution in [-0.4, -0.2) is 56.9 Å². The molecule has 3 aromatic rings. The van der Waals surface area contributed by atoms with Crippen molar-refractivity contribution in [2.75, 3.05) is 32.3 Å². The highest BCUT2D eigenvalue weighted by atomic mass is 79.9. The van der Waals surface area contributed by atoms with Crippen molar-refractivity contribution in [1.82, 2.24) is 10.6 Å². The molecule has 1 spiro atoms. The molecular weight excluding hydrogens is 581 g/mol. The first-order valence-corrected chi connectivity index (χ1v) is 14.2. The van der Waals surface area contributed by atoms with Gasteiger partial charge < -0.3 is 29.7 Å². The number of ether oxygens (including phenoxy) is 3. The largest absolute Gasteiger partial charge is 0.496 e. The molecule has 3 aromatic carbocycles. The third-order valence-corrected chi connectivity index (χ3v) is 8.36. The third-order valence-electron chi connectivity index (χ3n) is 7.87. The minimum atomic E-state index is -1.18. The lowest BCUT2D eigenvalue weighted by Crippen LogP contribution is -2.65. The lowest BCUT2D eigenvalue weighted by atomic mass is 9.84. The summed E-state index contributed by atoms with van der Waals surface area (Å²) < 4.78 is 34.2. The van der Waals surface area contributed by atoms with Gasteiger partial charge >= 0.3 is 0 Å². The van der Waals surface area contributed by atoms with E-state index in [1.54, 1.807) is 26.3 Å². The van der Waals surface area contributed by atoms with Gasteiger partial charge in [0.1, 0.15) is 17.4 Å². The quantitative estimate of drug-likeness (QED) is 0.401. The Hall–Kier alpha value is -3.21. The highest BCUT2D eigenvalue weighted by molar-refractivity contribution is 9.10. The highest BCUT2D eigenvalue weighted by Gasteiger charge is 2.52. The molecule has 8 nitrogen and oxygen atoms in total. The minimum absolute atomic E-state index is 0.0166. The van der Waals surface area contributed by atoms with Crippen molar-refractivity contribution in [2.45, 2.75) is 50.4 Å². The summed E-state index contributed by atoms with van der Waals surface area (Å²) in [6.07, 6.45) is 1.15. The van der Waals surface area contributed by atoms with Gasteiger partial charge in [-0.25, -0.2) is 4.39 Å². The first-order valence-electron chi connectivity index (χ1n) is 13.4. The average molecular weight is 615 g/mol. The van der Waals surface area contributed by atoms with E-state index in [9.17, 15) is 9.59 Å². The molecule has 0 aromatic heterocycles. The molecule has 212 valence electrons. The Morgan fingerprint density at radius 1 is 1.23 bits per heavy atom.